The lowest BCUT2D eigenvalue weighted by molar-refractivity contribution is -0.120. The molecule has 1 N–H and O–H groups in total. The standard InChI is InChI=1S/C25H29N3O4/c1-17-4-7-19(8-5-17)22-23(27-12-10-26(11-13-27)14-15-29)25(31)28(24(22)30)20-16-18(2)6-9-21(20)32-3/h4-9,16,29H,10-15H2,1-3H3. The number of imide groups is 1. The Labute approximate surface area is 188 Å². The summed E-state index contributed by atoms with van der Waals surface area (Å²) in [6, 6.07) is 13.2. The van der Waals surface area contributed by atoms with Gasteiger partial charge in [0, 0.05) is 32.7 Å². The Morgan fingerprint density at radius 2 is 1.56 bits per heavy atom. The number of aryl methyl sites for hydroxylation is 2. The quantitative estimate of drug-likeness (QED) is 0.702. The van der Waals surface area contributed by atoms with E-state index in [0.717, 1.165) is 29.8 Å². The lowest BCUT2D eigenvalue weighted by Crippen LogP contribution is -2.48. The highest BCUT2D eigenvalue weighted by molar-refractivity contribution is 6.45. The van der Waals surface area contributed by atoms with Crippen molar-refractivity contribution in [3.63, 3.8) is 0 Å². The van der Waals surface area contributed by atoms with Crippen molar-refractivity contribution in [1.29, 1.82) is 0 Å². The van der Waals surface area contributed by atoms with Crippen molar-refractivity contribution >= 4 is 23.1 Å². The molecule has 2 aliphatic heterocycles. The van der Waals surface area contributed by atoms with Crippen molar-refractivity contribution in [2.24, 2.45) is 0 Å². The van der Waals surface area contributed by atoms with Gasteiger partial charge >= 0.3 is 0 Å². The fraction of sp³-hybridized carbons (Fsp3) is 0.360. The van der Waals surface area contributed by atoms with E-state index < -0.39 is 0 Å². The number of hydrogen-bond acceptors (Lipinski definition) is 6. The van der Waals surface area contributed by atoms with Gasteiger partial charge in [-0.25, -0.2) is 4.90 Å². The predicted molar refractivity (Wildman–Crippen MR) is 123 cm³/mol. The van der Waals surface area contributed by atoms with Gasteiger partial charge in [-0.05, 0) is 37.1 Å². The smallest absolute Gasteiger partial charge is 0.282 e. The predicted octanol–water partition coefficient (Wildman–Crippen LogP) is 2.21. The lowest BCUT2D eigenvalue weighted by Gasteiger charge is -2.36. The molecule has 1 fully saturated rings. The monoisotopic (exact) mass is 435 g/mol. The van der Waals surface area contributed by atoms with Gasteiger partial charge < -0.3 is 14.7 Å². The van der Waals surface area contributed by atoms with Crippen LogP contribution in [0.2, 0.25) is 0 Å². The van der Waals surface area contributed by atoms with E-state index in [-0.39, 0.29) is 18.4 Å². The number of carbonyl (C=O) groups is 2. The first-order chi connectivity index (χ1) is 15.4. The molecule has 2 amide bonds. The molecule has 0 radical (unpaired) electrons. The van der Waals surface area contributed by atoms with Crippen LogP contribution < -0.4 is 9.64 Å². The fourth-order valence-electron chi connectivity index (χ4n) is 4.32. The first-order valence-corrected chi connectivity index (χ1v) is 10.9. The normalized spacial score (nSPS) is 17.5. The van der Waals surface area contributed by atoms with Crippen molar-refractivity contribution in [3.05, 3.63) is 64.9 Å². The average molecular weight is 436 g/mol. The summed E-state index contributed by atoms with van der Waals surface area (Å²) in [4.78, 5) is 32.9. The number of methoxy groups -OCH3 is 1. The Kier molecular flexibility index (Phi) is 6.30. The molecule has 2 heterocycles. The largest absolute Gasteiger partial charge is 0.495 e. The third-order valence-electron chi connectivity index (χ3n) is 6.08. The maximum Gasteiger partial charge on any atom is 0.282 e. The van der Waals surface area contributed by atoms with Gasteiger partial charge in [-0.1, -0.05) is 35.9 Å². The van der Waals surface area contributed by atoms with E-state index >= 15 is 0 Å². The Morgan fingerprint density at radius 3 is 2.19 bits per heavy atom. The fourth-order valence-corrected chi connectivity index (χ4v) is 4.32. The summed E-state index contributed by atoms with van der Waals surface area (Å²) in [5.41, 5.74) is 4.07. The highest BCUT2D eigenvalue weighted by atomic mass is 16.5. The third-order valence-corrected chi connectivity index (χ3v) is 6.08. The first kappa shape index (κ1) is 22.0. The number of carbonyl (C=O) groups excluding carboxylic acids is 2. The summed E-state index contributed by atoms with van der Waals surface area (Å²) in [6.45, 7) is 7.30. The summed E-state index contributed by atoms with van der Waals surface area (Å²) < 4.78 is 5.48. The second-order valence-electron chi connectivity index (χ2n) is 8.26. The molecular weight excluding hydrogens is 406 g/mol. The van der Waals surface area contributed by atoms with Crippen molar-refractivity contribution in [2.45, 2.75) is 13.8 Å². The highest BCUT2D eigenvalue weighted by Crippen LogP contribution is 2.39. The summed E-state index contributed by atoms with van der Waals surface area (Å²) in [6.07, 6.45) is 0. The van der Waals surface area contributed by atoms with Crippen molar-refractivity contribution in [3.8, 4) is 5.75 Å². The molecule has 2 aromatic rings. The molecule has 7 heteroatoms. The molecular formula is C25H29N3O4. The minimum Gasteiger partial charge on any atom is -0.495 e. The van der Waals surface area contributed by atoms with Gasteiger partial charge in [0.2, 0.25) is 0 Å². The van der Waals surface area contributed by atoms with Gasteiger partial charge in [0.25, 0.3) is 11.8 Å². The maximum atomic E-state index is 13.7. The van der Waals surface area contributed by atoms with E-state index in [1.807, 2.05) is 55.1 Å². The zero-order valence-electron chi connectivity index (χ0n) is 18.8. The number of amides is 2. The van der Waals surface area contributed by atoms with Crippen LogP contribution in [0.15, 0.2) is 48.2 Å². The van der Waals surface area contributed by atoms with E-state index in [1.54, 1.807) is 6.07 Å². The molecule has 168 valence electrons. The molecule has 2 aromatic carbocycles. The maximum absolute atomic E-state index is 13.7. The number of aliphatic hydroxyl groups is 1. The van der Waals surface area contributed by atoms with Crippen LogP contribution in [0.25, 0.3) is 5.57 Å². The number of aliphatic hydroxyl groups excluding tert-OH is 1. The van der Waals surface area contributed by atoms with Crippen LogP contribution >= 0.6 is 0 Å². The summed E-state index contributed by atoms with van der Waals surface area (Å²) in [7, 11) is 1.54. The van der Waals surface area contributed by atoms with Crippen LogP contribution in [-0.2, 0) is 9.59 Å². The summed E-state index contributed by atoms with van der Waals surface area (Å²) in [5.74, 6) is -0.185. The van der Waals surface area contributed by atoms with Gasteiger partial charge in [0.15, 0.2) is 0 Å². The van der Waals surface area contributed by atoms with Gasteiger partial charge in [-0.2, -0.15) is 0 Å². The highest BCUT2D eigenvalue weighted by Gasteiger charge is 2.44. The minimum atomic E-state index is -0.337. The van der Waals surface area contributed by atoms with Crippen LogP contribution in [-0.4, -0.2) is 73.2 Å². The average Bonchev–Trinajstić information content (AvgIpc) is 3.05. The van der Waals surface area contributed by atoms with E-state index in [2.05, 4.69) is 4.90 Å². The molecule has 0 atom stereocenters. The molecule has 0 saturated carbocycles. The van der Waals surface area contributed by atoms with E-state index in [4.69, 9.17) is 4.74 Å². The van der Waals surface area contributed by atoms with E-state index in [9.17, 15) is 14.7 Å². The second kappa shape index (κ2) is 9.14. The number of rotatable bonds is 6. The van der Waals surface area contributed by atoms with Gasteiger partial charge in [-0.15, -0.1) is 0 Å². The van der Waals surface area contributed by atoms with Crippen molar-refractivity contribution < 1.29 is 19.4 Å². The molecule has 7 nitrogen and oxygen atoms in total. The molecule has 2 aliphatic rings. The Bertz CT molecular complexity index is 1050. The number of nitrogens with zero attached hydrogens (tertiary/aromatic N) is 3. The van der Waals surface area contributed by atoms with Crippen LogP contribution in [0.4, 0.5) is 5.69 Å². The van der Waals surface area contributed by atoms with Crippen LogP contribution in [0.5, 0.6) is 5.75 Å². The van der Waals surface area contributed by atoms with E-state index in [0.29, 0.717) is 42.3 Å². The number of ether oxygens (including phenoxy) is 1. The first-order valence-electron chi connectivity index (χ1n) is 10.9. The number of anilines is 1. The zero-order valence-corrected chi connectivity index (χ0v) is 18.8. The van der Waals surface area contributed by atoms with Gasteiger partial charge in [0.1, 0.15) is 11.4 Å². The molecule has 1 saturated heterocycles. The van der Waals surface area contributed by atoms with E-state index in [1.165, 1.54) is 12.0 Å². The van der Waals surface area contributed by atoms with Gasteiger partial charge in [0.05, 0.1) is 25.0 Å². The molecule has 0 spiro atoms. The van der Waals surface area contributed by atoms with Gasteiger partial charge in [-0.3, -0.25) is 14.5 Å². The number of piperazine rings is 1. The van der Waals surface area contributed by atoms with Crippen molar-refractivity contribution in [1.82, 2.24) is 9.80 Å². The zero-order chi connectivity index (χ0) is 22.8. The third kappa shape index (κ3) is 4.01. The molecule has 0 aromatic heterocycles. The Balaban J connectivity index is 1.78. The van der Waals surface area contributed by atoms with Crippen LogP contribution in [0, 0.1) is 13.8 Å². The summed E-state index contributed by atoms with van der Waals surface area (Å²) in [5, 5.41) is 9.24. The van der Waals surface area contributed by atoms with Crippen LogP contribution in [0.3, 0.4) is 0 Å². The second-order valence-corrected chi connectivity index (χ2v) is 8.26. The Hall–Kier alpha value is -3.16. The molecule has 0 bridgehead atoms. The number of benzene rings is 2. The number of hydrogen-bond donors (Lipinski definition) is 1. The molecule has 0 aliphatic carbocycles. The molecule has 4 rings (SSSR count). The van der Waals surface area contributed by atoms with Crippen LogP contribution in [0.1, 0.15) is 16.7 Å². The van der Waals surface area contributed by atoms with Crippen molar-refractivity contribution in [2.75, 3.05) is 51.3 Å². The Morgan fingerprint density at radius 1 is 0.906 bits per heavy atom. The number of β-amino-alcohol motifs (C(OH)–C–C–N with tert-alkyl or cyclic N) is 1. The molecule has 0 unspecified atom stereocenters. The minimum absolute atomic E-state index is 0.107. The summed E-state index contributed by atoms with van der Waals surface area (Å²) >= 11 is 0. The molecule has 32 heavy (non-hydrogen) atoms. The topological polar surface area (TPSA) is 73.3 Å². The lowest BCUT2D eigenvalue weighted by atomic mass is 10.0. The SMILES string of the molecule is COc1ccc(C)cc1N1C(=O)C(c2ccc(C)cc2)=C(N2CCN(CCO)CC2)C1=O.